The summed E-state index contributed by atoms with van der Waals surface area (Å²) in [6.07, 6.45) is 7.22. The van der Waals surface area contributed by atoms with Crippen LogP contribution in [0.2, 0.25) is 5.02 Å². The van der Waals surface area contributed by atoms with Gasteiger partial charge in [0.2, 0.25) is 5.91 Å². The number of pyridine rings is 1. The molecule has 3 rings (SSSR count). The molecular formula is C20H21ClN4O2. The molecule has 7 heteroatoms. The summed E-state index contributed by atoms with van der Waals surface area (Å²) in [5.74, 6) is 1.10. The molecule has 0 saturated heterocycles. The van der Waals surface area contributed by atoms with Crippen LogP contribution in [0.25, 0.3) is 0 Å². The van der Waals surface area contributed by atoms with Crippen molar-refractivity contribution in [2.24, 2.45) is 0 Å². The molecule has 2 heterocycles. The second-order valence-corrected chi connectivity index (χ2v) is 6.41. The van der Waals surface area contributed by atoms with Gasteiger partial charge in [0.1, 0.15) is 5.75 Å². The molecule has 0 aliphatic carbocycles. The lowest BCUT2D eigenvalue weighted by Crippen LogP contribution is -2.13. The molecule has 3 aromatic rings. The Kier molecular flexibility index (Phi) is 6.82. The molecule has 0 unspecified atom stereocenters. The number of nitrogens with one attached hydrogen (secondary N) is 1. The number of hydrogen-bond acceptors (Lipinski definition) is 4. The van der Waals surface area contributed by atoms with Gasteiger partial charge >= 0.3 is 0 Å². The summed E-state index contributed by atoms with van der Waals surface area (Å²) in [4.78, 5) is 16.0. The fourth-order valence-electron chi connectivity index (χ4n) is 2.53. The van der Waals surface area contributed by atoms with Gasteiger partial charge in [-0.3, -0.25) is 14.5 Å². The summed E-state index contributed by atoms with van der Waals surface area (Å²) in [5.41, 5.74) is 1.20. The lowest BCUT2D eigenvalue weighted by molar-refractivity contribution is -0.116. The van der Waals surface area contributed by atoms with E-state index < -0.39 is 0 Å². The number of aromatic nitrogens is 3. The average molecular weight is 385 g/mol. The van der Waals surface area contributed by atoms with Crippen molar-refractivity contribution in [2.75, 3.05) is 11.9 Å². The van der Waals surface area contributed by atoms with Crippen molar-refractivity contribution in [1.82, 2.24) is 14.8 Å². The lowest BCUT2D eigenvalue weighted by atomic mass is 10.2. The molecule has 1 N–H and O–H groups in total. The fourth-order valence-corrected chi connectivity index (χ4v) is 2.72. The zero-order valence-electron chi connectivity index (χ0n) is 14.8. The molecule has 6 nitrogen and oxygen atoms in total. The van der Waals surface area contributed by atoms with Gasteiger partial charge in [0, 0.05) is 37.6 Å². The van der Waals surface area contributed by atoms with Gasteiger partial charge in [-0.25, -0.2) is 0 Å². The summed E-state index contributed by atoms with van der Waals surface area (Å²) in [6.45, 7) is 1.17. The van der Waals surface area contributed by atoms with E-state index in [1.807, 2.05) is 35.1 Å². The zero-order valence-corrected chi connectivity index (χ0v) is 15.6. The number of hydrogen-bond donors (Lipinski definition) is 1. The molecule has 27 heavy (non-hydrogen) atoms. The van der Waals surface area contributed by atoms with E-state index in [-0.39, 0.29) is 5.91 Å². The van der Waals surface area contributed by atoms with Gasteiger partial charge in [0.05, 0.1) is 11.6 Å². The summed E-state index contributed by atoms with van der Waals surface area (Å²) in [6, 6.07) is 13.0. The monoisotopic (exact) mass is 384 g/mol. The molecule has 0 fully saturated rings. The Morgan fingerprint density at radius 3 is 2.78 bits per heavy atom. The van der Waals surface area contributed by atoms with E-state index in [2.05, 4.69) is 15.4 Å². The number of carbonyl (C=O) groups is 1. The number of para-hydroxylation sites is 1. The second-order valence-electron chi connectivity index (χ2n) is 6.00. The molecule has 0 aliphatic rings. The maximum Gasteiger partial charge on any atom is 0.225 e. The van der Waals surface area contributed by atoms with Crippen molar-refractivity contribution in [3.05, 3.63) is 71.6 Å². The fraction of sp³-hybridized carbons (Fsp3) is 0.250. The number of rotatable bonds is 9. The molecule has 1 amide bonds. The van der Waals surface area contributed by atoms with Gasteiger partial charge in [-0.15, -0.1) is 0 Å². The van der Waals surface area contributed by atoms with Crippen LogP contribution >= 0.6 is 11.6 Å². The van der Waals surface area contributed by atoms with Crippen molar-refractivity contribution < 1.29 is 9.53 Å². The smallest absolute Gasteiger partial charge is 0.225 e. The maximum atomic E-state index is 12.0. The van der Waals surface area contributed by atoms with Crippen LogP contribution in [0.1, 0.15) is 18.4 Å². The van der Waals surface area contributed by atoms with Crippen molar-refractivity contribution >= 4 is 23.3 Å². The number of aryl methyl sites for hydroxylation is 2. The predicted octanol–water partition coefficient (Wildman–Crippen LogP) is 3.97. The summed E-state index contributed by atoms with van der Waals surface area (Å²) >= 11 is 6.02. The van der Waals surface area contributed by atoms with E-state index in [0.29, 0.717) is 36.0 Å². The highest BCUT2D eigenvalue weighted by Crippen LogP contribution is 2.23. The Labute approximate surface area is 163 Å². The first-order valence-corrected chi connectivity index (χ1v) is 9.18. The molecule has 2 aromatic heterocycles. The van der Waals surface area contributed by atoms with Gasteiger partial charge < -0.3 is 10.1 Å². The first-order chi connectivity index (χ1) is 13.2. The minimum Gasteiger partial charge on any atom is -0.492 e. The van der Waals surface area contributed by atoms with Crippen LogP contribution in [0, 0.1) is 0 Å². The highest BCUT2D eigenvalue weighted by molar-refractivity contribution is 6.32. The van der Waals surface area contributed by atoms with Crippen molar-refractivity contribution in [1.29, 1.82) is 0 Å². The molecule has 1 aromatic carbocycles. The standard InChI is InChI=1S/C20H21ClN4O2/c21-17-4-1-2-5-18(17)27-15-3-6-20(26)23-19-10-14-25(24-19)13-9-16-7-11-22-12-8-16/h1-2,4-5,7-8,10-12,14H,3,6,9,13,15H2,(H,23,24,26). The van der Waals surface area contributed by atoms with Crippen molar-refractivity contribution in [2.45, 2.75) is 25.8 Å². The molecule has 0 atom stereocenters. The number of benzene rings is 1. The van der Waals surface area contributed by atoms with Gasteiger partial charge in [0.15, 0.2) is 5.82 Å². The van der Waals surface area contributed by atoms with E-state index in [1.165, 1.54) is 5.56 Å². The van der Waals surface area contributed by atoms with E-state index >= 15 is 0 Å². The normalized spacial score (nSPS) is 10.6. The van der Waals surface area contributed by atoms with Crippen LogP contribution in [-0.2, 0) is 17.8 Å². The Bertz CT molecular complexity index is 867. The Balaban J connectivity index is 1.37. The molecule has 0 aliphatic heterocycles. The molecule has 0 bridgehead atoms. The number of halogens is 1. The maximum absolute atomic E-state index is 12.0. The van der Waals surface area contributed by atoms with Crippen molar-refractivity contribution in [3.63, 3.8) is 0 Å². The average Bonchev–Trinajstić information content (AvgIpc) is 3.13. The third kappa shape index (κ3) is 6.11. The number of ether oxygens (including phenoxy) is 1. The largest absolute Gasteiger partial charge is 0.492 e. The quantitative estimate of drug-likeness (QED) is 0.567. The van der Waals surface area contributed by atoms with Crippen LogP contribution < -0.4 is 10.1 Å². The van der Waals surface area contributed by atoms with E-state index in [4.69, 9.17) is 16.3 Å². The minimum absolute atomic E-state index is 0.0860. The highest BCUT2D eigenvalue weighted by Gasteiger charge is 2.06. The minimum atomic E-state index is -0.0860. The highest BCUT2D eigenvalue weighted by atomic mass is 35.5. The molecule has 0 radical (unpaired) electrons. The summed E-state index contributed by atoms with van der Waals surface area (Å²) in [5, 5.41) is 7.75. The van der Waals surface area contributed by atoms with Crippen LogP contribution in [0.3, 0.4) is 0 Å². The molecule has 0 spiro atoms. The first kappa shape index (κ1) is 18.9. The van der Waals surface area contributed by atoms with Gasteiger partial charge in [-0.1, -0.05) is 23.7 Å². The van der Waals surface area contributed by atoms with E-state index in [0.717, 1.165) is 13.0 Å². The zero-order chi connectivity index (χ0) is 18.9. The Hall–Kier alpha value is -2.86. The first-order valence-electron chi connectivity index (χ1n) is 8.80. The number of amides is 1. The molecule has 0 saturated carbocycles. The molecule has 140 valence electrons. The summed E-state index contributed by atoms with van der Waals surface area (Å²) in [7, 11) is 0. The predicted molar refractivity (Wildman–Crippen MR) is 105 cm³/mol. The number of nitrogens with zero attached hydrogens (tertiary/aromatic N) is 3. The van der Waals surface area contributed by atoms with E-state index in [1.54, 1.807) is 30.6 Å². The van der Waals surface area contributed by atoms with Crippen LogP contribution in [0.5, 0.6) is 5.75 Å². The van der Waals surface area contributed by atoms with E-state index in [9.17, 15) is 4.79 Å². The van der Waals surface area contributed by atoms with Crippen LogP contribution in [0.4, 0.5) is 5.82 Å². The lowest BCUT2D eigenvalue weighted by Gasteiger charge is -2.07. The third-order valence-corrected chi connectivity index (χ3v) is 4.24. The SMILES string of the molecule is O=C(CCCOc1ccccc1Cl)Nc1ccn(CCc2ccncc2)n1. The Morgan fingerprint density at radius 2 is 1.96 bits per heavy atom. The third-order valence-electron chi connectivity index (χ3n) is 3.93. The van der Waals surface area contributed by atoms with Crippen LogP contribution in [-0.4, -0.2) is 27.3 Å². The van der Waals surface area contributed by atoms with Crippen molar-refractivity contribution in [3.8, 4) is 5.75 Å². The van der Waals surface area contributed by atoms with Gasteiger partial charge in [-0.2, -0.15) is 5.10 Å². The number of carbonyl (C=O) groups excluding carboxylic acids is 1. The Morgan fingerprint density at radius 1 is 1.15 bits per heavy atom. The summed E-state index contributed by atoms with van der Waals surface area (Å²) < 4.78 is 7.40. The topological polar surface area (TPSA) is 69.0 Å². The van der Waals surface area contributed by atoms with Gasteiger partial charge in [-0.05, 0) is 42.7 Å². The van der Waals surface area contributed by atoms with Gasteiger partial charge in [0.25, 0.3) is 0 Å². The number of anilines is 1. The molecular weight excluding hydrogens is 364 g/mol. The van der Waals surface area contributed by atoms with Crippen LogP contribution in [0.15, 0.2) is 61.1 Å². The second kappa shape index (κ2) is 9.73.